The van der Waals surface area contributed by atoms with Gasteiger partial charge in [0.25, 0.3) is 0 Å². The van der Waals surface area contributed by atoms with Crippen molar-refractivity contribution in [2.24, 2.45) is 7.05 Å². The fourth-order valence-corrected chi connectivity index (χ4v) is 2.23. The maximum absolute atomic E-state index is 12.0. The molecule has 3 N–H and O–H groups in total. The summed E-state index contributed by atoms with van der Waals surface area (Å²) in [6.45, 7) is 0. The van der Waals surface area contributed by atoms with Gasteiger partial charge in [-0.15, -0.1) is 0 Å². The van der Waals surface area contributed by atoms with E-state index in [9.17, 15) is 9.90 Å². The number of aromatic hydroxyl groups is 1. The van der Waals surface area contributed by atoms with Gasteiger partial charge in [-0.2, -0.15) is 5.10 Å². The Bertz CT molecular complexity index is 810. The summed E-state index contributed by atoms with van der Waals surface area (Å²) >= 11 is 0. The molecular formula is C17H16N4O2. The zero-order valence-electron chi connectivity index (χ0n) is 12.5. The number of aryl methyl sites for hydroxylation is 1. The fraction of sp³-hybridized carbons (Fsp3) is 0.0588. The molecule has 1 aromatic heterocycles. The minimum Gasteiger partial charge on any atom is -0.508 e. The zero-order valence-corrected chi connectivity index (χ0v) is 12.5. The minimum absolute atomic E-state index is 0.146. The van der Waals surface area contributed by atoms with Crippen molar-refractivity contribution < 1.29 is 9.90 Å². The van der Waals surface area contributed by atoms with Gasteiger partial charge < -0.3 is 10.4 Å². The van der Waals surface area contributed by atoms with Crippen molar-refractivity contribution in [3.8, 4) is 17.0 Å². The van der Waals surface area contributed by atoms with Gasteiger partial charge in [0.15, 0.2) is 5.82 Å². The van der Waals surface area contributed by atoms with Crippen LogP contribution < -0.4 is 10.6 Å². The molecule has 0 spiro atoms. The van der Waals surface area contributed by atoms with Crippen LogP contribution in [-0.4, -0.2) is 20.9 Å². The number of phenolic OH excluding ortho intramolecular Hbond substituents is 1. The standard InChI is InChI=1S/C17H16N4O2/c1-21-15(12-5-3-2-4-6-12)11-16(20-21)19-17(23)18-13-7-9-14(22)10-8-13/h2-11,22H,1H3,(H2,18,19,20,23). The molecule has 0 bridgehead atoms. The van der Waals surface area contributed by atoms with Crippen LogP contribution in [0.1, 0.15) is 0 Å². The molecule has 2 amide bonds. The van der Waals surface area contributed by atoms with Gasteiger partial charge in [-0.05, 0) is 29.8 Å². The third-order valence-corrected chi connectivity index (χ3v) is 3.32. The number of aromatic nitrogens is 2. The third-order valence-electron chi connectivity index (χ3n) is 3.32. The normalized spacial score (nSPS) is 10.3. The molecule has 116 valence electrons. The molecule has 0 atom stereocenters. The smallest absolute Gasteiger partial charge is 0.324 e. The van der Waals surface area contributed by atoms with E-state index in [0.717, 1.165) is 11.3 Å². The van der Waals surface area contributed by atoms with E-state index < -0.39 is 6.03 Å². The predicted octanol–water partition coefficient (Wildman–Crippen LogP) is 3.44. The highest BCUT2D eigenvalue weighted by Crippen LogP contribution is 2.21. The number of amides is 2. The van der Waals surface area contributed by atoms with Crippen molar-refractivity contribution in [2.75, 3.05) is 10.6 Å². The molecule has 2 aromatic carbocycles. The molecule has 0 aliphatic heterocycles. The average Bonchev–Trinajstić information content (AvgIpc) is 2.91. The first-order valence-electron chi connectivity index (χ1n) is 7.08. The Morgan fingerprint density at radius 3 is 2.43 bits per heavy atom. The molecular weight excluding hydrogens is 292 g/mol. The van der Waals surface area contributed by atoms with Crippen LogP contribution in [-0.2, 0) is 7.05 Å². The number of phenols is 1. The van der Waals surface area contributed by atoms with Crippen molar-refractivity contribution >= 4 is 17.5 Å². The quantitative estimate of drug-likeness (QED) is 0.648. The van der Waals surface area contributed by atoms with E-state index in [4.69, 9.17) is 0 Å². The maximum atomic E-state index is 12.0. The van der Waals surface area contributed by atoms with Gasteiger partial charge in [0, 0.05) is 18.8 Å². The lowest BCUT2D eigenvalue weighted by molar-refractivity contribution is 0.262. The van der Waals surface area contributed by atoms with Crippen LogP contribution in [0, 0.1) is 0 Å². The summed E-state index contributed by atoms with van der Waals surface area (Å²) in [5, 5.41) is 18.9. The Morgan fingerprint density at radius 2 is 1.74 bits per heavy atom. The summed E-state index contributed by atoms with van der Waals surface area (Å²) in [4.78, 5) is 12.0. The van der Waals surface area contributed by atoms with Gasteiger partial charge in [-0.3, -0.25) is 10.00 Å². The van der Waals surface area contributed by atoms with Crippen molar-refractivity contribution in [1.82, 2.24) is 9.78 Å². The summed E-state index contributed by atoms with van der Waals surface area (Å²) in [6.07, 6.45) is 0. The van der Waals surface area contributed by atoms with Gasteiger partial charge in [-0.25, -0.2) is 4.79 Å². The second kappa shape index (κ2) is 6.23. The lowest BCUT2D eigenvalue weighted by Gasteiger charge is -2.05. The minimum atomic E-state index is -0.395. The first-order chi connectivity index (χ1) is 11.1. The summed E-state index contributed by atoms with van der Waals surface area (Å²) in [6, 6.07) is 17.5. The molecule has 3 rings (SSSR count). The summed E-state index contributed by atoms with van der Waals surface area (Å²) in [5.74, 6) is 0.607. The molecule has 0 aliphatic carbocycles. The molecule has 0 aliphatic rings. The van der Waals surface area contributed by atoms with E-state index >= 15 is 0 Å². The lowest BCUT2D eigenvalue weighted by atomic mass is 10.1. The first kappa shape index (κ1) is 14.6. The number of urea groups is 1. The fourth-order valence-electron chi connectivity index (χ4n) is 2.23. The Hall–Kier alpha value is -3.28. The Morgan fingerprint density at radius 1 is 1.04 bits per heavy atom. The Balaban J connectivity index is 1.71. The predicted molar refractivity (Wildman–Crippen MR) is 89.4 cm³/mol. The molecule has 0 saturated heterocycles. The SMILES string of the molecule is Cn1nc(NC(=O)Nc2ccc(O)cc2)cc1-c1ccccc1. The van der Waals surface area contributed by atoms with Gasteiger partial charge in [0.1, 0.15) is 5.75 Å². The summed E-state index contributed by atoms with van der Waals surface area (Å²) in [5.41, 5.74) is 2.51. The van der Waals surface area contributed by atoms with Crippen molar-refractivity contribution in [2.45, 2.75) is 0 Å². The molecule has 0 saturated carbocycles. The third kappa shape index (κ3) is 3.49. The van der Waals surface area contributed by atoms with Crippen molar-refractivity contribution in [3.63, 3.8) is 0 Å². The van der Waals surface area contributed by atoms with E-state index in [1.54, 1.807) is 16.8 Å². The lowest BCUT2D eigenvalue weighted by Crippen LogP contribution is -2.19. The highest BCUT2D eigenvalue weighted by atomic mass is 16.3. The number of anilines is 2. The molecule has 6 heteroatoms. The van der Waals surface area contributed by atoms with Gasteiger partial charge >= 0.3 is 6.03 Å². The number of benzene rings is 2. The van der Waals surface area contributed by atoms with E-state index in [1.165, 1.54) is 12.1 Å². The zero-order chi connectivity index (χ0) is 16.2. The Kier molecular flexibility index (Phi) is 3.97. The molecule has 23 heavy (non-hydrogen) atoms. The van der Waals surface area contributed by atoms with E-state index in [0.29, 0.717) is 11.5 Å². The number of hydrogen-bond acceptors (Lipinski definition) is 3. The molecule has 0 unspecified atom stereocenters. The van der Waals surface area contributed by atoms with Crippen LogP contribution in [0.5, 0.6) is 5.75 Å². The average molecular weight is 308 g/mol. The summed E-state index contributed by atoms with van der Waals surface area (Å²) in [7, 11) is 1.82. The second-order valence-corrected chi connectivity index (χ2v) is 5.03. The molecule has 1 heterocycles. The molecule has 3 aromatic rings. The number of carbonyl (C=O) groups excluding carboxylic acids is 1. The monoisotopic (exact) mass is 308 g/mol. The topological polar surface area (TPSA) is 79.2 Å². The van der Waals surface area contributed by atoms with Gasteiger partial charge in [-0.1, -0.05) is 30.3 Å². The number of nitrogens with one attached hydrogen (secondary N) is 2. The van der Waals surface area contributed by atoms with Gasteiger partial charge in [0.05, 0.1) is 5.69 Å². The Labute approximate surface area is 133 Å². The summed E-state index contributed by atoms with van der Waals surface area (Å²) < 4.78 is 1.71. The molecule has 0 radical (unpaired) electrons. The van der Waals surface area contributed by atoms with Gasteiger partial charge in [0.2, 0.25) is 0 Å². The highest BCUT2D eigenvalue weighted by molar-refractivity contribution is 5.99. The largest absolute Gasteiger partial charge is 0.508 e. The van der Waals surface area contributed by atoms with Crippen molar-refractivity contribution in [3.05, 3.63) is 60.7 Å². The van der Waals surface area contributed by atoms with E-state index in [-0.39, 0.29) is 5.75 Å². The molecule has 6 nitrogen and oxygen atoms in total. The van der Waals surface area contributed by atoms with Crippen LogP contribution in [0.3, 0.4) is 0 Å². The second-order valence-electron chi connectivity index (χ2n) is 5.03. The maximum Gasteiger partial charge on any atom is 0.324 e. The number of rotatable bonds is 3. The van der Waals surface area contributed by atoms with E-state index in [1.807, 2.05) is 43.4 Å². The number of nitrogens with zero attached hydrogens (tertiary/aromatic N) is 2. The number of carbonyl (C=O) groups is 1. The highest BCUT2D eigenvalue weighted by Gasteiger charge is 2.10. The van der Waals surface area contributed by atoms with E-state index in [2.05, 4.69) is 15.7 Å². The first-order valence-corrected chi connectivity index (χ1v) is 7.08. The van der Waals surface area contributed by atoms with Crippen LogP contribution in [0.25, 0.3) is 11.3 Å². The molecule has 0 fully saturated rings. The van der Waals surface area contributed by atoms with Crippen LogP contribution in [0.15, 0.2) is 60.7 Å². The number of hydrogen-bond donors (Lipinski definition) is 3. The van der Waals surface area contributed by atoms with Crippen LogP contribution >= 0.6 is 0 Å². The van der Waals surface area contributed by atoms with Crippen LogP contribution in [0.2, 0.25) is 0 Å². The van der Waals surface area contributed by atoms with Crippen LogP contribution in [0.4, 0.5) is 16.3 Å². The van der Waals surface area contributed by atoms with Crippen molar-refractivity contribution in [1.29, 1.82) is 0 Å².